The second kappa shape index (κ2) is 5.52. The summed E-state index contributed by atoms with van der Waals surface area (Å²) in [4.78, 5) is 16.7. The van der Waals surface area contributed by atoms with E-state index in [1.807, 2.05) is 12.3 Å². The lowest BCUT2D eigenvalue weighted by Gasteiger charge is -2.38. The molecule has 0 spiro atoms. The summed E-state index contributed by atoms with van der Waals surface area (Å²) in [5, 5.41) is 19.1. The number of thiophene rings is 1. The number of aliphatic hydroxyl groups is 1. The van der Waals surface area contributed by atoms with Crippen molar-refractivity contribution in [2.45, 2.75) is 37.9 Å². The van der Waals surface area contributed by atoms with Gasteiger partial charge in [0.05, 0.1) is 25.1 Å². The molecule has 0 bridgehead atoms. The molecule has 130 valence electrons. The van der Waals surface area contributed by atoms with E-state index >= 15 is 0 Å². The Bertz CT molecular complexity index is 985. The minimum absolute atomic E-state index is 0.133. The molecule has 1 unspecified atom stereocenters. The van der Waals surface area contributed by atoms with Crippen LogP contribution >= 0.6 is 11.3 Å². The molecular formula is C18H19N3O3S. The summed E-state index contributed by atoms with van der Waals surface area (Å²) in [6.45, 7) is 0.671. The zero-order chi connectivity index (χ0) is 17.0. The third-order valence-corrected chi connectivity index (χ3v) is 6.80. The molecule has 0 radical (unpaired) electrons. The lowest BCUT2D eigenvalue weighted by molar-refractivity contribution is -0.111. The van der Waals surface area contributed by atoms with Crippen LogP contribution in [0.15, 0.2) is 23.3 Å². The molecule has 5 rings (SSSR count). The predicted molar refractivity (Wildman–Crippen MR) is 95.5 cm³/mol. The standard InChI is InChI=1S/C18H19N3O3S/c22-17-15-12(5-14(25-15)10-6-19-20-7-10)13-8-24-9-18(23,16(13)21-17)11-3-1-2-4-11/h5-7,11,23H,1-4,8-9H2,(H,19,20)(H,21,22). The molecule has 2 aliphatic rings. The van der Waals surface area contributed by atoms with Crippen LogP contribution in [0.5, 0.6) is 0 Å². The first-order valence-electron chi connectivity index (χ1n) is 8.65. The molecular weight excluding hydrogens is 338 g/mol. The lowest BCUT2D eigenvalue weighted by Crippen LogP contribution is -2.44. The van der Waals surface area contributed by atoms with Gasteiger partial charge in [0.2, 0.25) is 0 Å². The fourth-order valence-corrected chi connectivity index (χ4v) is 5.38. The average Bonchev–Trinajstić information content (AvgIpc) is 3.36. The van der Waals surface area contributed by atoms with Crippen LogP contribution in [0.25, 0.3) is 20.5 Å². The highest BCUT2D eigenvalue weighted by molar-refractivity contribution is 7.22. The van der Waals surface area contributed by atoms with E-state index in [0.717, 1.165) is 47.1 Å². The van der Waals surface area contributed by atoms with E-state index < -0.39 is 5.60 Å². The molecule has 1 aliphatic heterocycles. The molecule has 3 N–H and O–H groups in total. The highest BCUT2D eigenvalue weighted by atomic mass is 32.1. The Balaban J connectivity index is 1.73. The van der Waals surface area contributed by atoms with Crippen LogP contribution in [-0.4, -0.2) is 26.9 Å². The number of ether oxygens (including phenoxy) is 1. The van der Waals surface area contributed by atoms with Gasteiger partial charge in [-0.3, -0.25) is 9.89 Å². The van der Waals surface area contributed by atoms with Gasteiger partial charge in [-0.25, -0.2) is 0 Å². The molecule has 6 nitrogen and oxygen atoms in total. The lowest BCUT2D eigenvalue weighted by atomic mass is 9.80. The first kappa shape index (κ1) is 15.3. The number of hydrogen-bond acceptors (Lipinski definition) is 5. The Hall–Kier alpha value is -1.96. The van der Waals surface area contributed by atoms with Crippen LogP contribution in [0.4, 0.5) is 0 Å². The molecule has 25 heavy (non-hydrogen) atoms. The first-order chi connectivity index (χ1) is 12.2. The summed E-state index contributed by atoms with van der Waals surface area (Å²) in [6.07, 6.45) is 7.76. The average molecular weight is 357 g/mol. The van der Waals surface area contributed by atoms with E-state index in [4.69, 9.17) is 4.74 Å². The Kier molecular flexibility index (Phi) is 3.38. The van der Waals surface area contributed by atoms with Crippen LogP contribution in [0.2, 0.25) is 0 Å². The number of hydrogen-bond donors (Lipinski definition) is 3. The van der Waals surface area contributed by atoms with Crippen LogP contribution in [0.1, 0.15) is 36.9 Å². The number of aromatic amines is 2. The van der Waals surface area contributed by atoms with E-state index in [1.54, 1.807) is 6.20 Å². The van der Waals surface area contributed by atoms with Gasteiger partial charge in [-0.05, 0) is 24.8 Å². The molecule has 0 saturated heterocycles. The van der Waals surface area contributed by atoms with Crippen LogP contribution in [-0.2, 0) is 16.9 Å². The van der Waals surface area contributed by atoms with E-state index in [-0.39, 0.29) is 18.1 Å². The number of aromatic nitrogens is 3. The fraction of sp³-hybridized carbons (Fsp3) is 0.444. The van der Waals surface area contributed by atoms with Gasteiger partial charge in [0, 0.05) is 27.6 Å². The summed E-state index contributed by atoms with van der Waals surface area (Å²) < 4.78 is 6.46. The van der Waals surface area contributed by atoms with Gasteiger partial charge in [-0.15, -0.1) is 11.3 Å². The molecule has 7 heteroatoms. The van der Waals surface area contributed by atoms with Crippen LogP contribution < -0.4 is 5.56 Å². The predicted octanol–water partition coefficient (Wildman–Crippen LogP) is 2.89. The van der Waals surface area contributed by atoms with Gasteiger partial charge in [-0.2, -0.15) is 5.10 Å². The highest BCUT2D eigenvalue weighted by Crippen LogP contribution is 2.45. The number of nitrogens with zero attached hydrogens (tertiary/aromatic N) is 1. The van der Waals surface area contributed by atoms with Crippen molar-refractivity contribution in [3.8, 4) is 10.4 Å². The number of H-pyrrole nitrogens is 2. The van der Waals surface area contributed by atoms with Crippen molar-refractivity contribution in [3.63, 3.8) is 0 Å². The first-order valence-corrected chi connectivity index (χ1v) is 9.47. The Morgan fingerprint density at radius 1 is 1.36 bits per heavy atom. The molecule has 1 aliphatic carbocycles. The number of pyridine rings is 1. The maximum Gasteiger partial charge on any atom is 0.266 e. The topological polar surface area (TPSA) is 91.0 Å². The molecule has 4 heterocycles. The summed E-state index contributed by atoms with van der Waals surface area (Å²) in [5.41, 5.74) is 1.32. The molecule has 0 amide bonds. The number of fused-ring (bicyclic) bond motifs is 3. The molecule has 1 fully saturated rings. The third-order valence-electron chi connectivity index (χ3n) is 5.62. The van der Waals surface area contributed by atoms with Crippen molar-refractivity contribution in [1.29, 1.82) is 0 Å². The fourth-order valence-electron chi connectivity index (χ4n) is 4.32. The van der Waals surface area contributed by atoms with Crippen molar-refractivity contribution in [1.82, 2.24) is 15.2 Å². The van der Waals surface area contributed by atoms with Gasteiger partial charge in [0.25, 0.3) is 5.56 Å². The minimum Gasteiger partial charge on any atom is -0.381 e. The SMILES string of the molecule is O=c1[nH]c2c(c3cc(-c4cn[nH]c4)sc13)COCC2(O)C1CCCC1. The van der Waals surface area contributed by atoms with Crippen molar-refractivity contribution in [2.75, 3.05) is 6.61 Å². The van der Waals surface area contributed by atoms with E-state index in [2.05, 4.69) is 15.2 Å². The van der Waals surface area contributed by atoms with Crippen LogP contribution in [0, 0.1) is 5.92 Å². The molecule has 0 aromatic carbocycles. The van der Waals surface area contributed by atoms with Crippen molar-refractivity contribution < 1.29 is 9.84 Å². The summed E-state index contributed by atoms with van der Waals surface area (Å²) in [6, 6.07) is 2.02. The van der Waals surface area contributed by atoms with Gasteiger partial charge in [0.15, 0.2) is 0 Å². The molecule has 1 atom stereocenters. The van der Waals surface area contributed by atoms with Crippen molar-refractivity contribution in [2.24, 2.45) is 5.92 Å². The second-order valence-electron chi connectivity index (χ2n) is 7.05. The zero-order valence-electron chi connectivity index (χ0n) is 13.7. The number of rotatable bonds is 2. The molecule has 3 aromatic heterocycles. The maximum atomic E-state index is 12.7. The van der Waals surface area contributed by atoms with Gasteiger partial charge < -0.3 is 14.8 Å². The zero-order valence-corrected chi connectivity index (χ0v) is 14.5. The monoisotopic (exact) mass is 357 g/mol. The van der Waals surface area contributed by atoms with Gasteiger partial charge >= 0.3 is 0 Å². The van der Waals surface area contributed by atoms with E-state index in [0.29, 0.717) is 17.0 Å². The smallest absolute Gasteiger partial charge is 0.266 e. The van der Waals surface area contributed by atoms with Gasteiger partial charge in [-0.1, -0.05) is 12.8 Å². The quantitative estimate of drug-likeness (QED) is 0.658. The molecule has 1 saturated carbocycles. The molecule has 3 aromatic rings. The Labute approximate surface area is 147 Å². The maximum absolute atomic E-state index is 12.7. The van der Waals surface area contributed by atoms with Crippen molar-refractivity contribution in [3.05, 3.63) is 40.1 Å². The van der Waals surface area contributed by atoms with E-state index in [1.165, 1.54) is 11.3 Å². The Morgan fingerprint density at radius 2 is 2.20 bits per heavy atom. The van der Waals surface area contributed by atoms with Gasteiger partial charge in [0.1, 0.15) is 10.3 Å². The highest BCUT2D eigenvalue weighted by Gasteiger charge is 2.45. The summed E-state index contributed by atoms with van der Waals surface area (Å²) >= 11 is 1.45. The van der Waals surface area contributed by atoms with Crippen LogP contribution in [0.3, 0.4) is 0 Å². The summed E-state index contributed by atoms with van der Waals surface area (Å²) in [7, 11) is 0. The Morgan fingerprint density at radius 3 is 2.96 bits per heavy atom. The minimum atomic E-state index is -1.09. The van der Waals surface area contributed by atoms with Crippen molar-refractivity contribution >= 4 is 21.4 Å². The summed E-state index contributed by atoms with van der Waals surface area (Å²) in [5.74, 6) is 0.145. The normalized spacial score (nSPS) is 24.0. The third kappa shape index (κ3) is 2.23. The number of nitrogens with one attached hydrogen (secondary N) is 2. The largest absolute Gasteiger partial charge is 0.381 e. The van der Waals surface area contributed by atoms with E-state index in [9.17, 15) is 9.90 Å². The second-order valence-corrected chi connectivity index (χ2v) is 8.10.